The van der Waals surface area contributed by atoms with Crippen molar-refractivity contribution < 1.29 is 9.53 Å². The number of ether oxygens (including phenoxy) is 1. The summed E-state index contributed by atoms with van der Waals surface area (Å²) in [4.78, 5) is 16.7. The Bertz CT molecular complexity index is 858. The van der Waals surface area contributed by atoms with E-state index in [0.29, 0.717) is 0 Å². The summed E-state index contributed by atoms with van der Waals surface area (Å²) in [6.45, 7) is 1.05. The Kier molecular flexibility index (Phi) is 2.99. The van der Waals surface area contributed by atoms with Crippen LogP contribution in [0.15, 0.2) is 47.3 Å². The molecule has 2 unspecified atom stereocenters. The molecule has 4 nitrogen and oxygen atoms in total. The molecule has 5 rings (SSSR count). The molecule has 2 saturated heterocycles. The van der Waals surface area contributed by atoms with Crippen LogP contribution in [0.25, 0.3) is 5.57 Å². The van der Waals surface area contributed by atoms with Gasteiger partial charge in [0.25, 0.3) is 0 Å². The van der Waals surface area contributed by atoms with E-state index in [1.54, 1.807) is 6.08 Å². The number of anilines is 1. The van der Waals surface area contributed by atoms with Gasteiger partial charge in [-0.3, -0.25) is 0 Å². The summed E-state index contributed by atoms with van der Waals surface area (Å²) in [5, 5.41) is 0. The van der Waals surface area contributed by atoms with Crippen LogP contribution >= 0.6 is 0 Å². The topological polar surface area (TPSA) is 32.8 Å². The molecule has 1 aromatic carbocycles. The van der Waals surface area contributed by atoms with Gasteiger partial charge in [0, 0.05) is 50.0 Å². The van der Waals surface area contributed by atoms with Gasteiger partial charge < -0.3 is 14.5 Å². The fraction of sp³-hybridized carbons (Fsp3) is 0.429. The van der Waals surface area contributed by atoms with Crippen molar-refractivity contribution in [2.75, 3.05) is 25.5 Å². The van der Waals surface area contributed by atoms with Crippen LogP contribution in [-0.2, 0) is 9.53 Å². The predicted molar refractivity (Wildman–Crippen MR) is 97.1 cm³/mol. The van der Waals surface area contributed by atoms with E-state index >= 15 is 0 Å². The monoisotopic (exact) mass is 334 g/mol. The molecule has 2 atom stereocenters. The molecule has 0 aromatic heterocycles. The van der Waals surface area contributed by atoms with Crippen LogP contribution < -0.4 is 4.90 Å². The molecule has 128 valence electrons. The number of carbonyl (C=O) groups excluding carboxylic acids is 1. The Balaban J connectivity index is 1.65. The molecule has 25 heavy (non-hydrogen) atoms. The van der Waals surface area contributed by atoms with Crippen LogP contribution in [0.3, 0.4) is 0 Å². The number of carbonyl (C=O) groups is 1. The molecule has 0 N–H and O–H groups in total. The van der Waals surface area contributed by atoms with Crippen LogP contribution in [0.5, 0.6) is 0 Å². The fourth-order valence-corrected chi connectivity index (χ4v) is 4.86. The number of hydrogen-bond donors (Lipinski definition) is 0. The van der Waals surface area contributed by atoms with Gasteiger partial charge in [-0.05, 0) is 37.0 Å². The highest BCUT2D eigenvalue weighted by Gasteiger charge is 2.60. The Morgan fingerprint density at radius 3 is 2.80 bits per heavy atom. The SMILES string of the molecule is CN(C)c1ccc(C2=C=C3CC4(OC(=O)C=C24)C2CCCCN32)cc1. The Morgan fingerprint density at radius 1 is 1.24 bits per heavy atom. The van der Waals surface area contributed by atoms with Gasteiger partial charge >= 0.3 is 5.97 Å². The first-order valence-electron chi connectivity index (χ1n) is 9.08. The van der Waals surface area contributed by atoms with Crippen LogP contribution in [-0.4, -0.2) is 43.2 Å². The number of rotatable bonds is 2. The first-order valence-corrected chi connectivity index (χ1v) is 9.08. The van der Waals surface area contributed by atoms with Crippen molar-refractivity contribution in [2.45, 2.75) is 37.3 Å². The molecule has 1 aromatic rings. The third kappa shape index (κ3) is 1.98. The normalized spacial score (nSPS) is 29.4. The maximum absolute atomic E-state index is 12.2. The minimum atomic E-state index is -0.479. The Hall–Kier alpha value is -2.45. The van der Waals surface area contributed by atoms with Gasteiger partial charge in [-0.2, -0.15) is 0 Å². The van der Waals surface area contributed by atoms with Gasteiger partial charge in [-0.25, -0.2) is 4.79 Å². The van der Waals surface area contributed by atoms with Crippen LogP contribution in [0.4, 0.5) is 5.69 Å². The van der Waals surface area contributed by atoms with Gasteiger partial charge in [-0.15, -0.1) is 0 Å². The number of hydrogen-bond acceptors (Lipinski definition) is 4. The van der Waals surface area contributed by atoms with E-state index in [-0.39, 0.29) is 12.0 Å². The quantitative estimate of drug-likeness (QED) is 0.615. The second kappa shape index (κ2) is 5.03. The molecule has 3 heterocycles. The average molecular weight is 334 g/mol. The molecule has 3 aliphatic heterocycles. The van der Waals surface area contributed by atoms with Crippen LogP contribution in [0, 0.1) is 0 Å². The molecule has 2 fully saturated rings. The van der Waals surface area contributed by atoms with Crippen molar-refractivity contribution in [3.05, 3.63) is 52.9 Å². The number of esters is 1. The summed E-state index contributed by atoms with van der Waals surface area (Å²) in [7, 11) is 4.08. The van der Waals surface area contributed by atoms with Crippen molar-refractivity contribution in [1.29, 1.82) is 0 Å². The minimum Gasteiger partial charge on any atom is -0.448 e. The van der Waals surface area contributed by atoms with E-state index in [9.17, 15) is 4.79 Å². The van der Waals surface area contributed by atoms with E-state index in [4.69, 9.17) is 4.74 Å². The zero-order valence-electron chi connectivity index (χ0n) is 14.7. The molecular formula is C21H22N2O2. The molecule has 0 saturated carbocycles. The van der Waals surface area contributed by atoms with Gasteiger partial charge in [0.1, 0.15) is 0 Å². The highest BCUT2D eigenvalue weighted by Crippen LogP contribution is 2.55. The standard InChI is InChI=1S/C21H22N2O2/c1-22(2)15-8-6-14(7-9-15)17-11-16-13-21(18(17)12-20(24)25-21)19-5-3-4-10-23(16)19/h6-9,12,19H,3-5,10,13H2,1-2H3. The molecular weight excluding hydrogens is 312 g/mol. The Labute approximate surface area is 148 Å². The van der Waals surface area contributed by atoms with Crippen molar-refractivity contribution in [2.24, 2.45) is 0 Å². The lowest BCUT2D eigenvalue weighted by Gasteiger charge is -2.38. The van der Waals surface area contributed by atoms with Crippen molar-refractivity contribution >= 4 is 17.2 Å². The number of nitrogens with zero attached hydrogens (tertiary/aromatic N) is 2. The fourth-order valence-electron chi connectivity index (χ4n) is 4.86. The maximum Gasteiger partial charge on any atom is 0.332 e. The summed E-state index contributed by atoms with van der Waals surface area (Å²) in [6, 6.07) is 8.76. The van der Waals surface area contributed by atoms with Gasteiger partial charge in [0.15, 0.2) is 5.60 Å². The largest absolute Gasteiger partial charge is 0.448 e. The number of piperidine rings is 1. The van der Waals surface area contributed by atoms with E-state index < -0.39 is 5.60 Å². The third-order valence-electron chi connectivity index (χ3n) is 6.03. The second-order valence-electron chi connectivity index (χ2n) is 7.64. The smallest absolute Gasteiger partial charge is 0.332 e. The lowest BCUT2D eigenvalue weighted by Crippen LogP contribution is -2.48. The molecule has 1 aliphatic carbocycles. The summed E-state index contributed by atoms with van der Waals surface area (Å²) in [6.07, 6.45) is 5.99. The first kappa shape index (κ1) is 14.9. The molecule has 2 bridgehead atoms. The lowest BCUT2D eigenvalue weighted by atomic mass is 9.77. The van der Waals surface area contributed by atoms with E-state index in [0.717, 1.165) is 41.8 Å². The van der Waals surface area contributed by atoms with E-state index in [1.165, 1.54) is 18.5 Å². The van der Waals surface area contributed by atoms with Crippen LogP contribution in [0.1, 0.15) is 31.2 Å². The van der Waals surface area contributed by atoms with Gasteiger partial charge in [0.05, 0.1) is 11.7 Å². The summed E-state index contributed by atoms with van der Waals surface area (Å²) in [5.74, 6) is -0.201. The summed E-state index contributed by atoms with van der Waals surface area (Å²) >= 11 is 0. The number of benzene rings is 1. The third-order valence-corrected chi connectivity index (χ3v) is 6.03. The maximum atomic E-state index is 12.2. The first-order chi connectivity index (χ1) is 12.1. The van der Waals surface area contributed by atoms with Crippen molar-refractivity contribution in [3.63, 3.8) is 0 Å². The summed E-state index contributed by atoms with van der Waals surface area (Å²) < 4.78 is 5.96. The second-order valence-corrected chi connectivity index (χ2v) is 7.64. The van der Waals surface area contributed by atoms with E-state index in [2.05, 4.69) is 39.8 Å². The van der Waals surface area contributed by atoms with Crippen molar-refractivity contribution in [1.82, 2.24) is 4.90 Å². The molecule has 0 amide bonds. The zero-order valence-corrected chi connectivity index (χ0v) is 14.7. The molecule has 1 spiro atoms. The minimum absolute atomic E-state index is 0.201. The van der Waals surface area contributed by atoms with Crippen LogP contribution in [0.2, 0.25) is 0 Å². The zero-order chi connectivity index (χ0) is 17.2. The lowest BCUT2D eigenvalue weighted by molar-refractivity contribution is -0.148. The van der Waals surface area contributed by atoms with E-state index in [1.807, 2.05) is 14.1 Å². The molecule has 4 aliphatic rings. The molecule has 4 heteroatoms. The highest BCUT2D eigenvalue weighted by atomic mass is 16.6. The van der Waals surface area contributed by atoms with Crippen molar-refractivity contribution in [3.8, 4) is 0 Å². The Morgan fingerprint density at radius 2 is 2.04 bits per heavy atom. The molecule has 0 radical (unpaired) electrons. The van der Waals surface area contributed by atoms with Gasteiger partial charge in [0.2, 0.25) is 0 Å². The average Bonchev–Trinajstić information content (AvgIpc) is 3.10. The highest BCUT2D eigenvalue weighted by molar-refractivity contribution is 5.97. The summed E-state index contributed by atoms with van der Waals surface area (Å²) in [5.41, 5.74) is 8.71. The van der Waals surface area contributed by atoms with Gasteiger partial charge in [-0.1, -0.05) is 17.9 Å². The number of fused-ring (bicyclic) bond motifs is 3. The predicted octanol–water partition coefficient (Wildman–Crippen LogP) is 3.11.